The molecule has 0 radical (unpaired) electrons. The predicted molar refractivity (Wildman–Crippen MR) is 64.0 cm³/mol. The highest BCUT2D eigenvalue weighted by molar-refractivity contribution is 7.99. The zero-order chi connectivity index (χ0) is 11.3. The van der Waals surface area contributed by atoms with Crippen LogP contribution in [0.15, 0.2) is 0 Å². The maximum Gasteiger partial charge on any atom is 0.232 e. The van der Waals surface area contributed by atoms with E-state index in [1.54, 1.807) is 11.8 Å². The lowest BCUT2D eigenvalue weighted by molar-refractivity contribution is -0.127. The highest BCUT2D eigenvalue weighted by Crippen LogP contribution is 2.20. The van der Waals surface area contributed by atoms with Crippen molar-refractivity contribution < 1.29 is 9.90 Å². The average molecular weight is 231 g/mol. The lowest BCUT2D eigenvalue weighted by Crippen LogP contribution is -2.31. The second kappa shape index (κ2) is 6.38. The van der Waals surface area contributed by atoms with Gasteiger partial charge in [-0.3, -0.25) is 4.79 Å². The molecule has 1 aliphatic heterocycles. The van der Waals surface area contributed by atoms with Crippen molar-refractivity contribution in [1.29, 1.82) is 0 Å². The number of carbonyl (C=O) groups is 1. The third kappa shape index (κ3) is 4.03. The largest absolute Gasteiger partial charge is 0.393 e. The van der Waals surface area contributed by atoms with Crippen LogP contribution in [0.4, 0.5) is 0 Å². The third-order valence-electron chi connectivity index (χ3n) is 2.83. The van der Waals surface area contributed by atoms with Crippen LogP contribution in [-0.4, -0.2) is 46.6 Å². The van der Waals surface area contributed by atoms with Crippen molar-refractivity contribution in [1.82, 2.24) is 4.90 Å². The van der Waals surface area contributed by atoms with Gasteiger partial charge in [-0.1, -0.05) is 6.92 Å². The highest BCUT2D eigenvalue weighted by atomic mass is 32.2. The lowest BCUT2D eigenvalue weighted by Gasteiger charge is -2.17. The molecule has 1 amide bonds. The van der Waals surface area contributed by atoms with E-state index in [0.717, 1.165) is 31.7 Å². The van der Waals surface area contributed by atoms with Crippen molar-refractivity contribution in [3.8, 4) is 0 Å². The van der Waals surface area contributed by atoms with Gasteiger partial charge in [0, 0.05) is 19.0 Å². The number of aliphatic hydroxyl groups is 1. The van der Waals surface area contributed by atoms with E-state index in [1.165, 1.54) is 0 Å². The number of aliphatic hydroxyl groups excluding tert-OH is 1. The quantitative estimate of drug-likeness (QED) is 0.726. The molecule has 2 atom stereocenters. The van der Waals surface area contributed by atoms with Crippen LogP contribution in [0.5, 0.6) is 0 Å². The van der Waals surface area contributed by atoms with Gasteiger partial charge >= 0.3 is 0 Å². The summed E-state index contributed by atoms with van der Waals surface area (Å²) in [5, 5.41) is 9.42. The van der Waals surface area contributed by atoms with Gasteiger partial charge in [0.1, 0.15) is 0 Å². The van der Waals surface area contributed by atoms with Crippen molar-refractivity contribution in [2.75, 3.05) is 24.6 Å². The van der Waals surface area contributed by atoms with Crippen LogP contribution >= 0.6 is 11.8 Å². The smallest absolute Gasteiger partial charge is 0.232 e. The molecule has 0 aromatic rings. The molecule has 1 fully saturated rings. The summed E-state index contributed by atoms with van der Waals surface area (Å²) >= 11 is 1.70. The summed E-state index contributed by atoms with van der Waals surface area (Å²) in [7, 11) is 0. The first-order chi connectivity index (χ1) is 7.15. The van der Waals surface area contributed by atoms with Gasteiger partial charge in [-0.25, -0.2) is 0 Å². The maximum atomic E-state index is 11.7. The van der Waals surface area contributed by atoms with Crippen molar-refractivity contribution in [3.63, 3.8) is 0 Å². The zero-order valence-electron chi connectivity index (χ0n) is 9.61. The molecule has 0 spiro atoms. The van der Waals surface area contributed by atoms with E-state index < -0.39 is 0 Å². The molecule has 15 heavy (non-hydrogen) atoms. The highest BCUT2D eigenvalue weighted by Gasteiger charge is 2.28. The lowest BCUT2D eigenvalue weighted by atomic mass is 10.0. The standard InChI is InChI=1S/C11H21NO2S/c1-3-6-15-8-11(14)12-5-4-10(7-12)9(2)13/h9-10,13H,3-8H2,1-2H3. The molecule has 1 N–H and O–H groups in total. The summed E-state index contributed by atoms with van der Waals surface area (Å²) in [5.41, 5.74) is 0. The van der Waals surface area contributed by atoms with Gasteiger partial charge in [0.25, 0.3) is 0 Å². The first-order valence-electron chi connectivity index (χ1n) is 5.68. The minimum Gasteiger partial charge on any atom is -0.393 e. The number of likely N-dealkylation sites (tertiary alicyclic amines) is 1. The van der Waals surface area contributed by atoms with E-state index in [9.17, 15) is 9.90 Å². The SMILES string of the molecule is CCCSCC(=O)N1CCC(C(C)O)C1. The Morgan fingerprint density at radius 3 is 2.93 bits per heavy atom. The Morgan fingerprint density at radius 2 is 2.40 bits per heavy atom. The number of amides is 1. The van der Waals surface area contributed by atoms with Crippen molar-refractivity contribution >= 4 is 17.7 Å². The van der Waals surface area contributed by atoms with E-state index >= 15 is 0 Å². The summed E-state index contributed by atoms with van der Waals surface area (Å²) in [6.07, 6.45) is 1.78. The minimum atomic E-state index is -0.286. The molecule has 0 aromatic carbocycles. The molecular weight excluding hydrogens is 210 g/mol. The van der Waals surface area contributed by atoms with Crippen LogP contribution in [0.1, 0.15) is 26.7 Å². The molecule has 0 aliphatic carbocycles. The second-order valence-electron chi connectivity index (χ2n) is 4.18. The van der Waals surface area contributed by atoms with Crippen LogP contribution in [0.2, 0.25) is 0 Å². The van der Waals surface area contributed by atoms with Gasteiger partial charge in [-0.05, 0) is 25.5 Å². The van der Waals surface area contributed by atoms with Crippen LogP contribution in [-0.2, 0) is 4.79 Å². The molecule has 1 rings (SSSR count). The van der Waals surface area contributed by atoms with E-state index in [4.69, 9.17) is 0 Å². The van der Waals surface area contributed by atoms with E-state index in [0.29, 0.717) is 5.75 Å². The third-order valence-corrected chi connectivity index (χ3v) is 3.98. The molecule has 4 heteroatoms. The molecule has 1 aliphatic rings. The Labute approximate surface area is 96.2 Å². The monoisotopic (exact) mass is 231 g/mol. The fourth-order valence-corrected chi connectivity index (χ4v) is 2.59. The topological polar surface area (TPSA) is 40.5 Å². The van der Waals surface area contributed by atoms with Crippen LogP contribution < -0.4 is 0 Å². The number of thioether (sulfide) groups is 1. The zero-order valence-corrected chi connectivity index (χ0v) is 10.4. The average Bonchev–Trinajstić information content (AvgIpc) is 2.66. The van der Waals surface area contributed by atoms with Gasteiger partial charge < -0.3 is 10.0 Å². The van der Waals surface area contributed by atoms with Crippen LogP contribution in [0.25, 0.3) is 0 Å². The Hall–Kier alpha value is -0.220. The van der Waals surface area contributed by atoms with E-state index in [-0.39, 0.29) is 17.9 Å². The second-order valence-corrected chi connectivity index (χ2v) is 5.29. The number of carbonyl (C=O) groups excluding carboxylic acids is 1. The Morgan fingerprint density at radius 1 is 1.67 bits per heavy atom. The predicted octanol–water partition coefficient (Wildman–Crippen LogP) is 1.36. The molecule has 88 valence electrons. The summed E-state index contributed by atoms with van der Waals surface area (Å²) in [4.78, 5) is 13.6. The Kier molecular flexibility index (Phi) is 5.47. The van der Waals surface area contributed by atoms with Crippen molar-refractivity contribution in [3.05, 3.63) is 0 Å². The van der Waals surface area contributed by atoms with Crippen LogP contribution in [0.3, 0.4) is 0 Å². The number of hydrogen-bond acceptors (Lipinski definition) is 3. The molecule has 0 saturated carbocycles. The Balaban J connectivity index is 2.24. The van der Waals surface area contributed by atoms with E-state index in [1.807, 2.05) is 11.8 Å². The molecule has 0 bridgehead atoms. The fraction of sp³-hybridized carbons (Fsp3) is 0.909. The summed E-state index contributed by atoms with van der Waals surface area (Å²) in [6.45, 7) is 5.49. The Bertz CT molecular complexity index is 209. The van der Waals surface area contributed by atoms with Gasteiger partial charge in [0.15, 0.2) is 0 Å². The molecule has 1 saturated heterocycles. The maximum absolute atomic E-state index is 11.7. The first-order valence-corrected chi connectivity index (χ1v) is 6.84. The first kappa shape index (κ1) is 12.8. The van der Waals surface area contributed by atoms with E-state index in [2.05, 4.69) is 6.92 Å². The molecule has 2 unspecified atom stereocenters. The van der Waals surface area contributed by atoms with Crippen molar-refractivity contribution in [2.45, 2.75) is 32.8 Å². The van der Waals surface area contributed by atoms with Gasteiger partial charge in [0.2, 0.25) is 5.91 Å². The number of rotatable bonds is 5. The fourth-order valence-electron chi connectivity index (χ4n) is 1.80. The number of hydrogen-bond donors (Lipinski definition) is 1. The summed E-state index contributed by atoms with van der Waals surface area (Å²) < 4.78 is 0. The molecular formula is C11H21NO2S. The minimum absolute atomic E-state index is 0.233. The molecule has 3 nitrogen and oxygen atoms in total. The van der Waals surface area contributed by atoms with Crippen LogP contribution in [0, 0.1) is 5.92 Å². The van der Waals surface area contributed by atoms with Crippen molar-refractivity contribution in [2.24, 2.45) is 5.92 Å². The summed E-state index contributed by atoms with van der Waals surface area (Å²) in [6, 6.07) is 0. The van der Waals surface area contributed by atoms with Gasteiger partial charge in [-0.15, -0.1) is 0 Å². The molecule has 1 heterocycles. The number of nitrogens with zero attached hydrogens (tertiary/aromatic N) is 1. The molecule has 0 aromatic heterocycles. The van der Waals surface area contributed by atoms with Gasteiger partial charge in [0.05, 0.1) is 11.9 Å². The summed E-state index contributed by atoms with van der Waals surface area (Å²) in [5.74, 6) is 2.17. The van der Waals surface area contributed by atoms with Gasteiger partial charge in [-0.2, -0.15) is 11.8 Å². The normalized spacial score (nSPS) is 23.1.